The molecule has 0 saturated carbocycles. The molecule has 1 N–H and O–H groups in total. The highest BCUT2D eigenvalue weighted by Crippen LogP contribution is 2.39. The van der Waals surface area contributed by atoms with Gasteiger partial charge in [0.05, 0.1) is 23.7 Å². The number of benzene rings is 3. The summed E-state index contributed by atoms with van der Waals surface area (Å²) in [6.45, 7) is 6.37. The molecule has 1 atom stereocenters. The largest absolute Gasteiger partial charge is 0.491 e. The maximum Gasteiger partial charge on any atom is 0.264 e. The number of para-hydroxylation sites is 1. The van der Waals surface area contributed by atoms with Crippen LogP contribution in [0.2, 0.25) is 5.02 Å². The Labute approximate surface area is 217 Å². The number of sulfonamides is 1. The van der Waals surface area contributed by atoms with E-state index < -0.39 is 22.0 Å². The molecule has 0 aromatic heterocycles. The number of halogens is 1. The SMILES string of the molecule is Cc1ccc(S(=O)(=O)N2C[C@H](C(=O)NCCOc3ccccc3C(C)C)Oc3ccc(Cl)cc32)cc1. The van der Waals surface area contributed by atoms with Crippen LogP contribution in [0.3, 0.4) is 0 Å². The van der Waals surface area contributed by atoms with Crippen molar-refractivity contribution in [1.82, 2.24) is 5.32 Å². The number of carbonyl (C=O) groups excluding carboxylic acids is 1. The van der Waals surface area contributed by atoms with Crippen molar-refractivity contribution in [3.8, 4) is 11.5 Å². The third kappa shape index (κ3) is 5.60. The number of anilines is 1. The molecular formula is C27H29ClN2O5S. The first-order valence-electron chi connectivity index (χ1n) is 11.7. The predicted molar refractivity (Wildman–Crippen MR) is 141 cm³/mol. The molecule has 0 aliphatic carbocycles. The van der Waals surface area contributed by atoms with Crippen LogP contribution in [0.5, 0.6) is 11.5 Å². The van der Waals surface area contributed by atoms with Crippen molar-refractivity contribution >= 4 is 33.2 Å². The van der Waals surface area contributed by atoms with E-state index in [1.165, 1.54) is 10.4 Å². The minimum Gasteiger partial charge on any atom is -0.491 e. The minimum absolute atomic E-state index is 0.123. The van der Waals surface area contributed by atoms with Gasteiger partial charge in [-0.2, -0.15) is 0 Å². The number of ether oxygens (including phenoxy) is 2. The van der Waals surface area contributed by atoms with Crippen LogP contribution in [0, 0.1) is 6.92 Å². The van der Waals surface area contributed by atoms with Gasteiger partial charge in [-0.15, -0.1) is 0 Å². The molecule has 3 aromatic rings. The van der Waals surface area contributed by atoms with Crippen molar-refractivity contribution in [1.29, 1.82) is 0 Å². The number of nitrogens with one attached hydrogen (secondary N) is 1. The lowest BCUT2D eigenvalue weighted by Gasteiger charge is -2.35. The van der Waals surface area contributed by atoms with Crippen LogP contribution >= 0.6 is 11.6 Å². The first-order valence-corrected chi connectivity index (χ1v) is 13.5. The molecule has 36 heavy (non-hydrogen) atoms. The molecule has 1 amide bonds. The van der Waals surface area contributed by atoms with Crippen molar-refractivity contribution in [2.24, 2.45) is 0 Å². The van der Waals surface area contributed by atoms with E-state index in [-0.39, 0.29) is 30.3 Å². The zero-order valence-corrected chi connectivity index (χ0v) is 22.0. The Hall–Kier alpha value is -3.23. The van der Waals surface area contributed by atoms with E-state index in [0.717, 1.165) is 16.9 Å². The van der Waals surface area contributed by atoms with Gasteiger partial charge in [0.25, 0.3) is 15.9 Å². The highest BCUT2D eigenvalue weighted by atomic mass is 35.5. The number of rotatable bonds is 8. The molecule has 9 heteroatoms. The fourth-order valence-corrected chi connectivity index (χ4v) is 5.60. The van der Waals surface area contributed by atoms with Crippen molar-refractivity contribution in [3.63, 3.8) is 0 Å². The summed E-state index contributed by atoms with van der Waals surface area (Å²) in [5.41, 5.74) is 2.32. The van der Waals surface area contributed by atoms with E-state index in [9.17, 15) is 13.2 Å². The molecule has 0 saturated heterocycles. The van der Waals surface area contributed by atoms with Crippen molar-refractivity contribution in [3.05, 3.63) is 82.9 Å². The Morgan fingerprint density at radius 3 is 2.58 bits per heavy atom. The van der Waals surface area contributed by atoms with Crippen LogP contribution in [-0.2, 0) is 14.8 Å². The van der Waals surface area contributed by atoms with E-state index in [2.05, 4.69) is 19.2 Å². The van der Waals surface area contributed by atoms with Crippen molar-refractivity contribution < 1.29 is 22.7 Å². The molecule has 7 nitrogen and oxygen atoms in total. The van der Waals surface area contributed by atoms with Crippen LogP contribution in [-0.4, -0.2) is 40.1 Å². The first-order chi connectivity index (χ1) is 17.2. The zero-order chi connectivity index (χ0) is 25.9. The first kappa shape index (κ1) is 25.9. The maximum absolute atomic E-state index is 13.5. The van der Waals surface area contributed by atoms with Gasteiger partial charge in [-0.3, -0.25) is 9.10 Å². The number of amides is 1. The molecule has 0 fully saturated rings. The van der Waals surface area contributed by atoms with Crippen LogP contribution in [0.4, 0.5) is 5.69 Å². The Balaban J connectivity index is 1.48. The number of fused-ring (bicyclic) bond motifs is 1. The van der Waals surface area contributed by atoms with Gasteiger partial charge < -0.3 is 14.8 Å². The number of nitrogens with zero attached hydrogens (tertiary/aromatic N) is 1. The van der Waals surface area contributed by atoms with Gasteiger partial charge in [-0.25, -0.2) is 8.42 Å². The average Bonchev–Trinajstić information content (AvgIpc) is 2.86. The van der Waals surface area contributed by atoms with Crippen molar-refractivity contribution in [2.75, 3.05) is 24.0 Å². The van der Waals surface area contributed by atoms with Crippen LogP contribution in [0.25, 0.3) is 0 Å². The molecule has 1 heterocycles. The van der Waals surface area contributed by atoms with Crippen molar-refractivity contribution in [2.45, 2.75) is 37.7 Å². The minimum atomic E-state index is -3.96. The highest BCUT2D eigenvalue weighted by Gasteiger charge is 2.37. The average molecular weight is 529 g/mol. The Kier molecular flexibility index (Phi) is 7.76. The number of carbonyl (C=O) groups is 1. The van der Waals surface area contributed by atoms with E-state index in [1.54, 1.807) is 36.4 Å². The molecule has 3 aromatic carbocycles. The topological polar surface area (TPSA) is 84.9 Å². The predicted octanol–water partition coefficient (Wildman–Crippen LogP) is 4.92. The van der Waals surface area contributed by atoms with Crippen LogP contribution < -0.4 is 19.1 Å². The molecular weight excluding hydrogens is 500 g/mol. The summed E-state index contributed by atoms with van der Waals surface area (Å²) >= 11 is 6.15. The van der Waals surface area contributed by atoms with Crippen LogP contribution in [0.1, 0.15) is 30.9 Å². The summed E-state index contributed by atoms with van der Waals surface area (Å²) in [5.74, 6) is 0.919. The lowest BCUT2D eigenvalue weighted by molar-refractivity contribution is -0.127. The molecule has 0 radical (unpaired) electrons. The fraction of sp³-hybridized carbons (Fsp3) is 0.296. The number of hydrogen-bond acceptors (Lipinski definition) is 5. The molecule has 1 aliphatic rings. The van der Waals surface area contributed by atoms with E-state index in [4.69, 9.17) is 21.1 Å². The van der Waals surface area contributed by atoms with Gasteiger partial charge in [0, 0.05) is 5.02 Å². The second kappa shape index (κ2) is 10.8. The normalized spacial score (nSPS) is 15.2. The third-order valence-corrected chi connectivity index (χ3v) is 7.92. The summed E-state index contributed by atoms with van der Waals surface area (Å²) in [5, 5.41) is 3.16. The summed E-state index contributed by atoms with van der Waals surface area (Å²) in [6, 6.07) is 19.0. The van der Waals surface area contributed by atoms with E-state index in [1.807, 2.05) is 31.2 Å². The van der Waals surface area contributed by atoms with Crippen LogP contribution in [0.15, 0.2) is 71.6 Å². The molecule has 1 aliphatic heterocycles. The van der Waals surface area contributed by atoms with Gasteiger partial charge in [0.1, 0.15) is 18.1 Å². The standard InChI is InChI=1S/C27H29ClN2O5S/c1-18(2)22-6-4-5-7-24(22)34-15-14-29-27(31)26-17-30(23-16-20(28)10-13-25(23)35-26)36(32,33)21-11-8-19(3)9-12-21/h4-13,16,18,26H,14-15,17H2,1-3H3,(H,29,31)/t26-/m1/s1. The van der Waals surface area contributed by atoms with Gasteiger partial charge >= 0.3 is 0 Å². The van der Waals surface area contributed by atoms with Gasteiger partial charge in [-0.1, -0.05) is 61.3 Å². The Morgan fingerprint density at radius 2 is 1.86 bits per heavy atom. The van der Waals surface area contributed by atoms with E-state index in [0.29, 0.717) is 16.6 Å². The summed E-state index contributed by atoms with van der Waals surface area (Å²) in [6.07, 6.45) is -1.04. The summed E-state index contributed by atoms with van der Waals surface area (Å²) in [7, 11) is -3.96. The second-order valence-corrected chi connectivity index (χ2v) is 11.2. The summed E-state index contributed by atoms with van der Waals surface area (Å²) in [4.78, 5) is 13.1. The summed E-state index contributed by atoms with van der Waals surface area (Å²) < 4.78 is 40.0. The Bertz CT molecular complexity index is 1340. The smallest absolute Gasteiger partial charge is 0.264 e. The molecule has 0 spiro atoms. The fourth-order valence-electron chi connectivity index (χ4n) is 3.96. The zero-order valence-electron chi connectivity index (χ0n) is 20.4. The Morgan fingerprint density at radius 1 is 1.14 bits per heavy atom. The number of hydrogen-bond donors (Lipinski definition) is 1. The number of aryl methyl sites for hydroxylation is 1. The second-order valence-electron chi connectivity index (χ2n) is 8.90. The van der Waals surface area contributed by atoms with Gasteiger partial charge in [0.15, 0.2) is 6.10 Å². The van der Waals surface area contributed by atoms with E-state index >= 15 is 0 Å². The highest BCUT2D eigenvalue weighted by molar-refractivity contribution is 7.92. The van der Waals surface area contributed by atoms with Gasteiger partial charge in [0.2, 0.25) is 0 Å². The molecule has 0 bridgehead atoms. The van der Waals surface area contributed by atoms with Gasteiger partial charge in [-0.05, 0) is 54.8 Å². The monoisotopic (exact) mass is 528 g/mol. The molecule has 0 unspecified atom stereocenters. The quantitative estimate of drug-likeness (QED) is 0.419. The molecule has 4 rings (SSSR count). The maximum atomic E-state index is 13.5. The lowest BCUT2D eigenvalue weighted by atomic mass is 10.0. The third-order valence-electron chi connectivity index (χ3n) is 5.89. The molecule has 190 valence electrons. The lowest BCUT2D eigenvalue weighted by Crippen LogP contribution is -2.51.